The molecule has 11 unspecified atom stereocenters. The van der Waals surface area contributed by atoms with Crippen LogP contribution in [0, 0.1) is 46.3 Å². The number of hydrogen-bond acceptors (Lipinski definition) is 5. The first-order valence-corrected chi connectivity index (χ1v) is 14.8. The van der Waals surface area contributed by atoms with Gasteiger partial charge in [-0.25, -0.2) is 0 Å². The number of rotatable bonds is 6. The normalized spacial score (nSPS) is 49.3. The van der Waals surface area contributed by atoms with Gasteiger partial charge in [-0.1, -0.05) is 27.4 Å². The molecule has 2 N–H and O–H groups in total. The number of carbonyl (C=O) groups is 1. The fraction of sp³-hybridized carbons (Fsp3) is 0.903. The van der Waals surface area contributed by atoms with Crippen molar-refractivity contribution in [2.45, 2.75) is 123 Å². The molecule has 5 rings (SSSR count). The van der Waals surface area contributed by atoms with Crippen LogP contribution < -0.4 is 0 Å². The quantitative estimate of drug-likeness (QED) is 0.343. The van der Waals surface area contributed by atoms with Gasteiger partial charge in [0, 0.05) is 12.8 Å². The summed E-state index contributed by atoms with van der Waals surface area (Å²) < 4.78 is 11.3. The lowest BCUT2D eigenvalue weighted by Gasteiger charge is -2.62. The van der Waals surface area contributed by atoms with Gasteiger partial charge in [-0.3, -0.25) is 4.79 Å². The lowest BCUT2D eigenvalue weighted by atomic mass is 9.43. The van der Waals surface area contributed by atoms with Gasteiger partial charge in [0.2, 0.25) is 0 Å². The monoisotopic (exact) mass is 502 g/mol. The van der Waals surface area contributed by atoms with E-state index in [-0.39, 0.29) is 23.6 Å². The zero-order valence-corrected chi connectivity index (χ0v) is 23.1. The third-order valence-electron chi connectivity index (χ3n) is 12.1. The Bertz CT molecular complexity index is 856. The zero-order chi connectivity index (χ0) is 25.9. The van der Waals surface area contributed by atoms with Gasteiger partial charge in [0.05, 0.1) is 31.0 Å². The molecular weight excluding hydrogens is 452 g/mol. The van der Waals surface area contributed by atoms with Crippen LogP contribution in [0.3, 0.4) is 0 Å². The third kappa shape index (κ3) is 4.55. The van der Waals surface area contributed by atoms with Crippen LogP contribution in [0.4, 0.5) is 0 Å². The Morgan fingerprint density at radius 1 is 1.06 bits per heavy atom. The molecule has 0 aromatic carbocycles. The molecular formula is C31H50O5. The lowest BCUT2D eigenvalue weighted by Crippen LogP contribution is -2.58. The zero-order valence-electron chi connectivity index (χ0n) is 23.1. The topological polar surface area (TPSA) is 76.0 Å². The number of cyclic esters (lactones) is 1. The van der Waals surface area contributed by atoms with Crippen molar-refractivity contribution in [1.82, 2.24) is 0 Å². The van der Waals surface area contributed by atoms with Crippen LogP contribution in [0.1, 0.15) is 105 Å². The van der Waals surface area contributed by atoms with E-state index in [0.717, 1.165) is 50.7 Å². The van der Waals surface area contributed by atoms with Crippen LogP contribution in [0.5, 0.6) is 0 Å². The minimum atomic E-state index is -0.487. The van der Waals surface area contributed by atoms with E-state index in [1.807, 2.05) is 6.92 Å². The van der Waals surface area contributed by atoms with Gasteiger partial charge in [-0.15, -0.1) is 0 Å². The fourth-order valence-electron chi connectivity index (χ4n) is 10.1. The summed E-state index contributed by atoms with van der Waals surface area (Å²) in [5, 5.41) is 21.8. The van der Waals surface area contributed by atoms with E-state index in [1.54, 1.807) is 0 Å². The van der Waals surface area contributed by atoms with E-state index in [2.05, 4.69) is 27.4 Å². The fourth-order valence-corrected chi connectivity index (χ4v) is 10.1. The lowest BCUT2D eigenvalue weighted by molar-refractivity contribution is -0.174. The van der Waals surface area contributed by atoms with Gasteiger partial charge < -0.3 is 19.7 Å². The maximum absolute atomic E-state index is 11.7. The van der Waals surface area contributed by atoms with Crippen molar-refractivity contribution < 1.29 is 24.5 Å². The van der Waals surface area contributed by atoms with Crippen molar-refractivity contribution in [1.29, 1.82) is 0 Å². The Labute approximate surface area is 218 Å². The summed E-state index contributed by atoms with van der Waals surface area (Å²) in [5.74, 6) is 3.96. The minimum Gasteiger partial charge on any atom is -0.492 e. The van der Waals surface area contributed by atoms with Crippen molar-refractivity contribution in [3.63, 3.8) is 0 Å². The van der Waals surface area contributed by atoms with Crippen molar-refractivity contribution in [2.24, 2.45) is 46.3 Å². The highest BCUT2D eigenvalue weighted by Gasteiger charge is 2.62. The van der Waals surface area contributed by atoms with Crippen molar-refractivity contribution in [3.8, 4) is 0 Å². The summed E-state index contributed by atoms with van der Waals surface area (Å²) >= 11 is 0. The molecule has 5 aliphatic rings. The van der Waals surface area contributed by atoms with Crippen molar-refractivity contribution in [3.05, 3.63) is 12.3 Å². The maximum atomic E-state index is 11.7. The molecule has 5 heteroatoms. The van der Waals surface area contributed by atoms with Crippen LogP contribution in [0.15, 0.2) is 12.3 Å². The highest BCUT2D eigenvalue weighted by molar-refractivity contribution is 5.71. The Morgan fingerprint density at radius 2 is 1.78 bits per heavy atom. The van der Waals surface area contributed by atoms with E-state index >= 15 is 0 Å². The van der Waals surface area contributed by atoms with Crippen LogP contribution in [-0.4, -0.2) is 40.6 Å². The maximum Gasteiger partial charge on any atom is 0.309 e. The molecule has 1 saturated heterocycles. The van der Waals surface area contributed by atoms with Crippen molar-refractivity contribution >= 4 is 5.97 Å². The predicted octanol–water partition coefficient (Wildman–Crippen LogP) is 6.02. The molecule has 11 atom stereocenters. The molecule has 0 bridgehead atoms. The molecule has 204 valence electrons. The molecule has 5 nitrogen and oxygen atoms in total. The molecule has 4 saturated carbocycles. The van der Waals surface area contributed by atoms with Gasteiger partial charge in [0.15, 0.2) is 0 Å². The number of aliphatic hydroxyl groups excluding tert-OH is 2. The number of esters is 1. The molecule has 0 aromatic rings. The highest BCUT2D eigenvalue weighted by Crippen LogP contribution is 2.68. The first kappa shape index (κ1) is 26.5. The number of hydrogen-bond donors (Lipinski definition) is 2. The van der Waals surface area contributed by atoms with Crippen LogP contribution in [0.2, 0.25) is 0 Å². The number of carbonyl (C=O) groups excluding carboxylic acids is 1. The van der Waals surface area contributed by atoms with Gasteiger partial charge in [0.25, 0.3) is 0 Å². The summed E-state index contributed by atoms with van der Waals surface area (Å²) in [7, 11) is 0. The Kier molecular flexibility index (Phi) is 7.07. The molecule has 36 heavy (non-hydrogen) atoms. The van der Waals surface area contributed by atoms with Gasteiger partial charge in [0.1, 0.15) is 5.60 Å². The second-order valence-corrected chi connectivity index (χ2v) is 14.2. The van der Waals surface area contributed by atoms with Gasteiger partial charge >= 0.3 is 5.97 Å². The van der Waals surface area contributed by atoms with Crippen LogP contribution >= 0.6 is 0 Å². The molecule has 0 radical (unpaired) electrons. The van der Waals surface area contributed by atoms with E-state index in [0.29, 0.717) is 54.0 Å². The molecule has 0 amide bonds. The second-order valence-electron chi connectivity index (χ2n) is 14.2. The summed E-state index contributed by atoms with van der Waals surface area (Å²) in [5.41, 5.74) is 0.0872. The average Bonchev–Trinajstić information content (AvgIpc) is 3.15. The Morgan fingerprint density at radius 3 is 2.53 bits per heavy atom. The van der Waals surface area contributed by atoms with Crippen LogP contribution in [-0.2, 0) is 14.3 Å². The number of allylic oxidation sites excluding steroid dienone is 1. The Hall–Kier alpha value is -1.07. The first-order valence-electron chi connectivity index (χ1n) is 14.8. The summed E-state index contributed by atoms with van der Waals surface area (Å²) in [6.07, 6.45) is 11.3. The van der Waals surface area contributed by atoms with E-state index < -0.39 is 5.60 Å². The van der Waals surface area contributed by atoms with Crippen molar-refractivity contribution in [2.75, 3.05) is 6.61 Å². The smallest absolute Gasteiger partial charge is 0.309 e. The van der Waals surface area contributed by atoms with Gasteiger partial charge in [-0.05, 0) is 111 Å². The molecule has 0 aromatic heterocycles. The van der Waals surface area contributed by atoms with Crippen LogP contribution in [0.25, 0.3) is 0 Å². The van der Waals surface area contributed by atoms with E-state index in [1.165, 1.54) is 25.7 Å². The number of fused-ring (bicyclic) bond motifs is 5. The highest BCUT2D eigenvalue weighted by atomic mass is 16.6. The van der Waals surface area contributed by atoms with E-state index in [4.69, 9.17) is 9.47 Å². The first-order chi connectivity index (χ1) is 16.9. The Balaban J connectivity index is 1.22. The summed E-state index contributed by atoms with van der Waals surface area (Å²) in [4.78, 5) is 11.7. The SMILES string of the molecule is C=C(CCC(C)C1CCC2C3C(O)CC4CC(O)CCC4(C)C3CCC12C)OC1(C)CCOC(=O)C1. The molecule has 1 heterocycles. The number of aliphatic hydroxyl groups is 2. The van der Waals surface area contributed by atoms with Gasteiger partial charge in [-0.2, -0.15) is 0 Å². The third-order valence-corrected chi connectivity index (χ3v) is 12.1. The largest absolute Gasteiger partial charge is 0.492 e. The second kappa shape index (κ2) is 9.59. The minimum absolute atomic E-state index is 0.175. The molecule has 1 aliphatic heterocycles. The molecule has 0 spiro atoms. The molecule has 4 aliphatic carbocycles. The molecule has 5 fully saturated rings. The summed E-state index contributed by atoms with van der Waals surface area (Å²) in [6.45, 7) is 14.1. The standard InChI is InChI=1S/C31H50O5/c1-19(6-7-20(2)36-29(3)14-15-35-27(34)18-29)23-8-9-24-28-25(11-13-31(23,24)5)30(4)12-10-22(32)16-21(30)17-26(28)33/h19,21-26,28,32-33H,2,6-18H2,1,3-5H3. The number of ether oxygens (including phenoxy) is 2. The summed E-state index contributed by atoms with van der Waals surface area (Å²) in [6, 6.07) is 0. The average molecular weight is 503 g/mol. The van der Waals surface area contributed by atoms with E-state index in [9.17, 15) is 15.0 Å². The predicted molar refractivity (Wildman–Crippen MR) is 140 cm³/mol.